The second kappa shape index (κ2) is 12.4. The summed E-state index contributed by atoms with van der Waals surface area (Å²) in [4.78, 5) is 26.6. The largest absolute Gasteiger partial charge is 0.462 e. The molecule has 0 aromatic rings. The molecule has 2 saturated carbocycles. The van der Waals surface area contributed by atoms with E-state index in [0.29, 0.717) is 12.1 Å². The number of rotatable bonds is 10. The van der Waals surface area contributed by atoms with Crippen molar-refractivity contribution in [2.24, 2.45) is 11.8 Å². The third-order valence-corrected chi connectivity index (χ3v) is 6.37. The van der Waals surface area contributed by atoms with E-state index in [1.54, 1.807) is 0 Å². The summed E-state index contributed by atoms with van der Waals surface area (Å²) < 4.78 is 11.4. The lowest BCUT2D eigenvalue weighted by Crippen LogP contribution is -2.33. The van der Waals surface area contributed by atoms with Crippen molar-refractivity contribution in [3.05, 3.63) is 12.2 Å². The molecule has 0 unspecified atom stereocenters. The van der Waals surface area contributed by atoms with Crippen LogP contribution in [-0.4, -0.2) is 49.7 Å². The monoisotopic (exact) mass is 407 g/mol. The van der Waals surface area contributed by atoms with Crippen LogP contribution < -0.4 is 0 Å². The maximum absolute atomic E-state index is 12.6. The smallest absolute Gasteiger partial charge is 0.334 e. The molecule has 0 aromatic heterocycles. The molecule has 2 fully saturated rings. The fraction of sp³-hybridized carbons (Fsp3) is 0.833. The van der Waals surface area contributed by atoms with Gasteiger partial charge < -0.3 is 14.4 Å². The van der Waals surface area contributed by atoms with Crippen LogP contribution in [0.3, 0.4) is 0 Å². The van der Waals surface area contributed by atoms with Gasteiger partial charge in [-0.1, -0.05) is 39.2 Å². The number of unbranched alkanes of at least 4 members (excludes halogenated alkanes) is 2. The van der Waals surface area contributed by atoms with Crippen molar-refractivity contribution in [3.8, 4) is 0 Å². The van der Waals surface area contributed by atoms with Crippen molar-refractivity contribution in [2.45, 2.75) is 96.2 Å². The Kier molecular flexibility index (Phi) is 10.2. The fourth-order valence-corrected chi connectivity index (χ4v) is 4.58. The summed E-state index contributed by atoms with van der Waals surface area (Å²) >= 11 is 0. The Balaban J connectivity index is 1.64. The number of carbonyl (C=O) groups is 2. The van der Waals surface area contributed by atoms with Gasteiger partial charge in [-0.3, -0.25) is 4.79 Å². The molecule has 0 aliphatic heterocycles. The Bertz CT molecular complexity index is 529. The number of ether oxygens (including phenoxy) is 2. The first-order valence-corrected chi connectivity index (χ1v) is 11.6. The van der Waals surface area contributed by atoms with E-state index in [9.17, 15) is 9.59 Å². The molecule has 29 heavy (non-hydrogen) atoms. The summed E-state index contributed by atoms with van der Waals surface area (Å²) in [5, 5.41) is 0. The standard InChI is InChI=1S/C24H41NO4/c1-5-6-7-8-19-9-13-21(14-10-19)29-24(27)20-11-15-22(16-12-20)28-23(26)18(2)17-25(3)4/h19-22H,2,5-17H2,1,3-4H3. The van der Waals surface area contributed by atoms with Gasteiger partial charge in [-0.2, -0.15) is 0 Å². The predicted molar refractivity (Wildman–Crippen MR) is 116 cm³/mol. The zero-order valence-corrected chi connectivity index (χ0v) is 18.8. The normalized spacial score (nSPS) is 27.4. The number of likely N-dealkylation sites (N-methyl/N-ethyl adjacent to an activating group) is 1. The third kappa shape index (κ3) is 8.49. The maximum Gasteiger partial charge on any atom is 0.334 e. The van der Waals surface area contributed by atoms with E-state index >= 15 is 0 Å². The van der Waals surface area contributed by atoms with E-state index in [-0.39, 0.29) is 30.1 Å². The number of hydrogen-bond donors (Lipinski definition) is 0. The Morgan fingerprint density at radius 2 is 1.48 bits per heavy atom. The molecule has 0 atom stereocenters. The zero-order valence-electron chi connectivity index (χ0n) is 18.8. The SMILES string of the molecule is C=C(CN(C)C)C(=O)OC1CCC(C(=O)OC2CCC(CCCCC)CC2)CC1. The average Bonchev–Trinajstić information content (AvgIpc) is 2.69. The minimum absolute atomic E-state index is 0.0405. The lowest BCUT2D eigenvalue weighted by molar-refractivity contribution is -0.159. The van der Waals surface area contributed by atoms with Gasteiger partial charge in [-0.25, -0.2) is 4.79 Å². The van der Waals surface area contributed by atoms with Crippen molar-refractivity contribution in [2.75, 3.05) is 20.6 Å². The molecule has 166 valence electrons. The first-order chi connectivity index (χ1) is 13.9. The van der Waals surface area contributed by atoms with Crippen molar-refractivity contribution in [1.29, 1.82) is 0 Å². The minimum Gasteiger partial charge on any atom is -0.462 e. The Labute approximate surface area is 177 Å². The van der Waals surface area contributed by atoms with Gasteiger partial charge in [0.1, 0.15) is 12.2 Å². The van der Waals surface area contributed by atoms with E-state index in [2.05, 4.69) is 13.5 Å². The molecule has 0 amide bonds. The highest BCUT2D eigenvalue weighted by molar-refractivity contribution is 5.88. The highest BCUT2D eigenvalue weighted by Crippen LogP contribution is 2.32. The molecule has 0 saturated heterocycles. The Hall–Kier alpha value is -1.36. The molecule has 2 rings (SSSR count). The Morgan fingerprint density at radius 3 is 2.07 bits per heavy atom. The topological polar surface area (TPSA) is 55.8 Å². The van der Waals surface area contributed by atoms with Crippen LogP contribution >= 0.6 is 0 Å². The summed E-state index contributed by atoms with van der Waals surface area (Å²) in [5.74, 6) is 0.419. The van der Waals surface area contributed by atoms with Gasteiger partial charge in [0.2, 0.25) is 0 Å². The van der Waals surface area contributed by atoms with Crippen molar-refractivity contribution in [1.82, 2.24) is 4.90 Å². The van der Waals surface area contributed by atoms with Crippen LogP contribution in [0.2, 0.25) is 0 Å². The molecule has 2 aliphatic carbocycles. The fourth-order valence-electron chi connectivity index (χ4n) is 4.58. The molecule has 5 nitrogen and oxygen atoms in total. The first-order valence-electron chi connectivity index (χ1n) is 11.6. The summed E-state index contributed by atoms with van der Waals surface area (Å²) in [6.45, 7) is 6.55. The molecular formula is C24H41NO4. The number of hydrogen-bond acceptors (Lipinski definition) is 5. The average molecular weight is 408 g/mol. The van der Waals surface area contributed by atoms with Crippen molar-refractivity contribution >= 4 is 11.9 Å². The van der Waals surface area contributed by atoms with Crippen LogP contribution in [0.25, 0.3) is 0 Å². The maximum atomic E-state index is 12.6. The summed E-state index contributed by atoms with van der Waals surface area (Å²) in [5.41, 5.74) is 0.474. The lowest BCUT2D eigenvalue weighted by Gasteiger charge is -2.31. The molecule has 0 bridgehead atoms. The number of carbonyl (C=O) groups excluding carboxylic acids is 2. The van der Waals surface area contributed by atoms with Crippen LogP contribution in [0.15, 0.2) is 12.2 Å². The molecular weight excluding hydrogens is 366 g/mol. The van der Waals surface area contributed by atoms with Crippen LogP contribution in [0, 0.1) is 11.8 Å². The molecule has 0 radical (unpaired) electrons. The zero-order chi connectivity index (χ0) is 21.2. The van der Waals surface area contributed by atoms with Gasteiger partial charge in [0.25, 0.3) is 0 Å². The lowest BCUT2D eigenvalue weighted by atomic mass is 9.83. The van der Waals surface area contributed by atoms with Gasteiger partial charge in [0.05, 0.1) is 5.92 Å². The molecule has 0 spiro atoms. The van der Waals surface area contributed by atoms with Gasteiger partial charge in [0.15, 0.2) is 0 Å². The Morgan fingerprint density at radius 1 is 0.897 bits per heavy atom. The molecule has 0 heterocycles. The van der Waals surface area contributed by atoms with Gasteiger partial charge in [0, 0.05) is 12.1 Å². The summed E-state index contributed by atoms with van der Waals surface area (Å²) in [6, 6.07) is 0. The predicted octanol–water partition coefficient (Wildman–Crippen LogP) is 4.89. The highest BCUT2D eigenvalue weighted by Gasteiger charge is 2.32. The number of esters is 2. The molecule has 5 heteroatoms. The van der Waals surface area contributed by atoms with E-state index < -0.39 is 0 Å². The van der Waals surface area contributed by atoms with Crippen LogP contribution in [0.4, 0.5) is 0 Å². The highest BCUT2D eigenvalue weighted by atomic mass is 16.5. The molecule has 0 N–H and O–H groups in total. The molecule has 0 aromatic carbocycles. The first kappa shape index (κ1) is 23.9. The summed E-state index contributed by atoms with van der Waals surface area (Å²) in [7, 11) is 3.79. The number of nitrogens with zero attached hydrogens (tertiary/aromatic N) is 1. The van der Waals surface area contributed by atoms with E-state index in [1.165, 1.54) is 38.5 Å². The summed E-state index contributed by atoms with van der Waals surface area (Å²) in [6.07, 6.45) is 12.6. The van der Waals surface area contributed by atoms with E-state index in [0.717, 1.165) is 44.4 Å². The van der Waals surface area contributed by atoms with Gasteiger partial charge in [-0.05, 0) is 71.4 Å². The van der Waals surface area contributed by atoms with Gasteiger partial charge >= 0.3 is 11.9 Å². The molecule has 2 aliphatic rings. The minimum atomic E-state index is -0.319. The van der Waals surface area contributed by atoms with E-state index in [1.807, 2.05) is 19.0 Å². The van der Waals surface area contributed by atoms with Crippen molar-refractivity contribution in [3.63, 3.8) is 0 Å². The second-order valence-electron chi connectivity index (χ2n) is 9.30. The van der Waals surface area contributed by atoms with E-state index in [4.69, 9.17) is 9.47 Å². The van der Waals surface area contributed by atoms with Crippen LogP contribution in [-0.2, 0) is 19.1 Å². The third-order valence-electron chi connectivity index (χ3n) is 6.37. The van der Waals surface area contributed by atoms with Crippen LogP contribution in [0.5, 0.6) is 0 Å². The van der Waals surface area contributed by atoms with Crippen LogP contribution in [0.1, 0.15) is 84.0 Å². The quantitative estimate of drug-likeness (QED) is 0.293. The van der Waals surface area contributed by atoms with Crippen molar-refractivity contribution < 1.29 is 19.1 Å². The second-order valence-corrected chi connectivity index (χ2v) is 9.30. The van der Waals surface area contributed by atoms with Gasteiger partial charge in [-0.15, -0.1) is 0 Å².